The SMILES string of the molecule is O=C(Cc1csc(Nc2ccc(OC(F)(F)F)cc2)n1)N1CCN(c2cccc(C(F)(F)F)c2)CC1. The molecule has 2 heterocycles. The summed E-state index contributed by atoms with van der Waals surface area (Å²) >= 11 is 1.24. The Morgan fingerprint density at radius 3 is 2.33 bits per heavy atom. The molecule has 0 aliphatic carbocycles. The smallest absolute Gasteiger partial charge is 0.406 e. The minimum atomic E-state index is -4.77. The third-order valence-electron chi connectivity index (χ3n) is 5.39. The second-order valence-electron chi connectivity index (χ2n) is 7.93. The Morgan fingerprint density at radius 1 is 1.00 bits per heavy atom. The molecule has 0 bridgehead atoms. The summed E-state index contributed by atoms with van der Waals surface area (Å²) in [4.78, 5) is 20.5. The quantitative estimate of drug-likeness (QED) is 0.415. The molecule has 0 radical (unpaired) electrons. The van der Waals surface area contributed by atoms with Crippen LogP contribution < -0.4 is 15.0 Å². The monoisotopic (exact) mass is 530 g/mol. The van der Waals surface area contributed by atoms with Crippen LogP contribution in [-0.4, -0.2) is 48.3 Å². The number of halogens is 6. The summed E-state index contributed by atoms with van der Waals surface area (Å²) < 4.78 is 79.6. The van der Waals surface area contributed by atoms with E-state index in [1.54, 1.807) is 16.3 Å². The number of hydrogen-bond acceptors (Lipinski definition) is 6. The third kappa shape index (κ3) is 6.80. The summed E-state index contributed by atoms with van der Waals surface area (Å²) in [6, 6.07) is 10.3. The van der Waals surface area contributed by atoms with E-state index in [0.717, 1.165) is 12.1 Å². The molecule has 0 saturated carbocycles. The van der Waals surface area contributed by atoms with Crippen LogP contribution in [0, 0.1) is 0 Å². The Morgan fingerprint density at radius 2 is 1.69 bits per heavy atom. The lowest BCUT2D eigenvalue weighted by Gasteiger charge is -2.36. The zero-order valence-electron chi connectivity index (χ0n) is 18.6. The number of nitrogens with zero attached hydrogens (tertiary/aromatic N) is 3. The minimum Gasteiger partial charge on any atom is -0.406 e. The van der Waals surface area contributed by atoms with Gasteiger partial charge in [-0.05, 0) is 42.5 Å². The second-order valence-corrected chi connectivity index (χ2v) is 8.79. The first kappa shape index (κ1) is 25.6. The molecule has 0 spiro atoms. The predicted molar refractivity (Wildman–Crippen MR) is 122 cm³/mol. The number of anilines is 3. The van der Waals surface area contributed by atoms with Crippen molar-refractivity contribution in [3.63, 3.8) is 0 Å². The van der Waals surface area contributed by atoms with Gasteiger partial charge in [0.15, 0.2) is 5.13 Å². The maximum Gasteiger partial charge on any atom is 0.573 e. The van der Waals surface area contributed by atoms with Crippen molar-refractivity contribution in [1.82, 2.24) is 9.88 Å². The van der Waals surface area contributed by atoms with Crippen molar-refractivity contribution in [2.75, 3.05) is 36.4 Å². The van der Waals surface area contributed by atoms with Crippen molar-refractivity contribution in [1.29, 1.82) is 0 Å². The van der Waals surface area contributed by atoms with Crippen molar-refractivity contribution < 1.29 is 35.9 Å². The number of ether oxygens (including phenoxy) is 1. The maximum absolute atomic E-state index is 13.0. The minimum absolute atomic E-state index is 0.0557. The molecule has 1 saturated heterocycles. The van der Waals surface area contributed by atoms with E-state index in [9.17, 15) is 31.1 Å². The number of carbonyl (C=O) groups is 1. The van der Waals surface area contributed by atoms with Gasteiger partial charge in [0, 0.05) is 42.9 Å². The number of piperazine rings is 1. The maximum atomic E-state index is 13.0. The number of benzene rings is 2. The zero-order chi connectivity index (χ0) is 25.9. The van der Waals surface area contributed by atoms with Crippen LogP contribution in [0.4, 0.5) is 42.8 Å². The van der Waals surface area contributed by atoms with E-state index in [1.165, 1.54) is 41.7 Å². The molecule has 1 N–H and O–H groups in total. The van der Waals surface area contributed by atoms with Crippen LogP contribution >= 0.6 is 11.3 Å². The fraction of sp³-hybridized carbons (Fsp3) is 0.304. The van der Waals surface area contributed by atoms with Crippen molar-refractivity contribution in [3.8, 4) is 5.75 Å². The van der Waals surface area contributed by atoms with Crippen molar-refractivity contribution in [3.05, 3.63) is 65.2 Å². The standard InChI is InChI=1S/C23H20F6N4O2S/c24-22(25,26)15-2-1-3-18(12-15)32-8-10-33(11-9-32)20(34)13-17-14-36-21(31-17)30-16-4-6-19(7-5-16)35-23(27,28)29/h1-7,12,14H,8-11,13H2,(H,30,31). The highest BCUT2D eigenvalue weighted by Gasteiger charge is 2.32. The molecule has 1 aliphatic heterocycles. The summed E-state index contributed by atoms with van der Waals surface area (Å²) in [5, 5.41) is 5.14. The average molecular weight is 530 g/mol. The lowest BCUT2D eigenvalue weighted by atomic mass is 10.1. The molecule has 13 heteroatoms. The summed E-state index contributed by atoms with van der Waals surface area (Å²) in [5.74, 6) is -0.490. The highest BCUT2D eigenvalue weighted by Crippen LogP contribution is 2.32. The molecule has 1 amide bonds. The number of carbonyl (C=O) groups excluding carboxylic acids is 1. The van der Waals surface area contributed by atoms with E-state index in [2.05, 4.69) is 15.0 Å². The lowest BCUT2D eigenvalue weighted by Crippen LogP contribution is -2.49. The third-order valence-corrected chi connectivity index (χ3v) is 6.20. The van der Waals surface area contributed by atoms with Crippen LogP contribution in [0.2, 0.25) is 0 Å². The van der Waals surface area contributed by atoms with Gasteiger partial charge >= 0.3 is 12.5 Å². The number of amides is 1. The van der Waals surface area contributed by atoms with Crippen LogP contribution in [0.15, 0.2) is 53.9 Å². The number of rotatable bonds is 6. The van der Waals surface area contributed by atoms with E-state index in [1.807, 2.05) is 4.90 Å². The summed E-state index contributed by atoms with van der Waals surface area (Å²) in [7, 11) is 0. The Kier molecular flexibility index (Phi) is 7.29. The van der Waals surface area contributed by atoms with Crippen molar-refractivity contribution in [2.24, 2.45) is 0 Å². The lowest BCUT2D eigenvalue weighted by molar-refractivity contribution is -0.274. The number of nitrogens with one attached hydrogen (secondary N) is 1. The van der Waals surface area contributed by atoms with Crippen LogP contribution in [0.1, 0.15) is 11.3 Å². The molecule has 2 aromatic carbocycles. The van der Waals surface area contributed by atoms with Gasteiger partial charge in [-0.3, -0.25) is 4.79 Å². The molecule has 1 aromatic heterocycles. The molecule has 6 nitrogen and oxygen atoms in total. The van der Waals surface area contributed by atoms with E-state index in [0.29, 0.717) is 48.4 Å². The van der Waals surface area contributed by atoms with Crippen LogP contribution in [0.5, 0.6) is 5.75 Å². The molecule has 3 aromatic rings. The fourth-order valence-corrected chi connectivity index (χ4v) is 4.40. The Hall–Kier alpha value is -3.48. The van der Waals surface area contributed by atoms with E-state index < -0.39 is 18.1 Å². The number of thiazole rings is 1. The fourth-order valence-electron chi connectivity index (χ4n) is 3.67. The zero-order valence-corrected chi connectivity index (χ0v) is 19.4. The van der Waals surface area contributed by atoms with Gasteiger partial charge in [-0.25, -0.2) is 4.98 Å². The topological polar surface area (TPSA) is 57.7 Å². The molecule has 36 heavy (non-hydrogen) atoms. The van der Waals surface area contributed by atoms with Crippen molar-refractivity contribution >= 4 is 33.8 Å². The summed E-state index contributed by atoms with van der Waals surface area (Å²) in [5.41, 5.74) is 0.787. The van der Waals surface area contributed by atoms with Crippen LogP contribution in [0.3, 0.4) is 0 Å². The largest absolute Gasteiger partial charge is 0.573 e. The highest BCUT2D eigenvalue weighted by molar-refractivity contribution is 7.13. The first-order valence-electron chi connectivity index (χ1n) is 10.7. The first-order valence-corrected chi connectivity index (χ1v) is 11.6. The molecular formula is C23H20F6N4O2S. The molecule has 4 rings (SSSR count). The Balaban J connectivity index is 1.28. The second kappa shape index (κ2) is 10.2. The van der Waals surface area contributed by atoms with E-state index in [-0.39, 0.29) is 18.1 Å². The van der Waals surface area contributed by atoms with Gasteiger partial charge in [-0.1, -0.05) is 6.07 Å². The Bertz CT molecular complexity index is 1190. The molecule has 0 unspecified atom stereocenters. The number of hydrogen-bond donors (Lipinski definition) is 1. The number of alkyl halides is 6. The molecule has 1 aliphatic rings. The van der Waals surface area contributed by atoms with Gasteiger partial charge in [0.1, 0.15) is 5.75 Å². The van der Waals surface area contributed by atoms with Gasteiger partial charge in [0.2, 0.25) is 5.91 Å². The predicted octanol–water partition coefficient (Wildman–Crippen LogP) is 5.70. The van der Waals surface area contributed by atoms with Gasteiger partial charge in [0.25, 0.3) is 0 Å². The van der Waals surface area contributed by atoms with Crippen LogP contribution in [0.25, 0.3) is 0 Å². The molecule has 192 valence electrons. The summed E-state index contributed by atoms with van der Waals surface area (Å²) in [6.45, 7) is 1.56. The Labute approximate surface area is 206 Å². The molecular weight excluding hydrogens is 510 g/mol. The van der Waals surface area contributed by atoms with Gasteiger partial charge < -0.3 is 19.9 Å². The highest BCUT2D eigenvalue weighted by atomic mass is 32.1. The van der Waals surface area contributed by atoms with Gasteiger partial charge in [-0.2, -0.15) is 13.2 Å². The van der Waals surface area contributed by atoms with Crippen LogP contribution in [-0.2, 0) is 17.4 Å². The van der Waals surface area contributed by atoms with Gasteiger partial charge in [0.05, 0.1) is 17.7 Å². The normalized spacial score (nSPS) is 14.6. The average Bonchev–Trinajstić information content (AvgIpc) is 3.25. The molecule has 0 atom stereocenters. The van der Waals surface area contributed by atoms with E-state index in [4.69, 9.17) is 0 Å². The molecule has 1 fully saturated rings. The summed E-state index contributed by atoms with van der Waals surface area (Å²) in [6.07, 6.45) is -9.13. The van der Waals surface area contributed by atoms with Gasteiger partial charge in [-0.15, -0.1) is 24.5 Å². The number of aromatic nitrogens is 1. The first-order chi connectivity index (χ1) is 17.0. The van der Waals surface area contributed by atoms with E-state index >= 15 is 0 Å². The van der Waals surface area contributed by atoms with Crippen molar-refractivity contribution in [2.45, 2.75) is 19.0 Å².